The summed E-state index contributed by atoms with van der Waals surface area (Å²) in [5.41, 5.74) is -0.158. The second-order valence-electron chi connectivity index (χ2n) is 6.55. The lowest BCUT2D eigenvalue weighted by molar-refractivity contribution is -0.198. The Morgan fingerprint density at radius 3 is 2.12 bits per heavy atom. The normalized spacial score (nSPS) is 30.6. The molecule has 1 rings (SSSR count). The van der Waals surface area contributed by atoms with Crippen molar-refractivity contribution in [2.24, 2.45) is 11.8 Å². The molecule has 1 aliphatic rings. The van der Waals surface area contributed by atoms with E-state index < -0.39 is 0 Å². The molecule has 2 unspecified atom stereocenters. The summed E-state index contributed by atoms with van der Waals surface area (Å²) in [7, 11) is 0. The average Bonchev–Trinajstić information content (AvgIpc) is 2.36. The van der Waals surface area contributed by atoms with E-state index in [2.05, 4.69) is 41.5 Å². The van der Waals surface area contributed by atoms with Crippen LogP contribution in [0.1, 0.15) is 67.2 Å². The highest BCUT2D eigenvalue weighted by Crippen LogP contribution is 2.48. The molecule has 2 nitrogen and oxygen atoms in total. The van der Waals surface area contributed by atoms with Crippen LogP contribution >= 0.6 is 0 Å². The molecule has 0 amide bonds. The molecule has 2 heteroatoms. The summed E-state index contributed by atoms with van der Waals surface area (Å²) in [5, 5.41) is 11.9. The fraction of sp³-hybridized carbons (Fsp3) is 1.00. The zero-order valence-corrected chi connectivity index (χ0v) is 11.9. The molecular weight excluding hydrogens is 198 g/mol. The molecule has 0 bridgehead atoms. The van der Waals surface area contributed by atoms with Crippen molar-refractivity contribution in [2.45, 2.75) is 78.3 Å². The van der Waals surface area contributed by atoms with Gasteiger partial charge in [-0.3, -0.25) is 0 Å². The van der Waals surface area contributed by atoms with Gasteiger partial charge < -0.3 is 5.21 Å². The second kappa shape index (κ2) is 4.66. The van der Waals surface area contributed by atoms with E-state index in [0.717, 1.165) is 12.3 Å². The Hall–Kier alpha value is -0.0800. The van der Waals surface area contributed by atoms with Gasteiger partial charge in [0.2, 0.25) is 0 Å². The van der Waals surface area contributed by atoms with E-state index in [1.165, 1.54) is 19.3 Å². The highest BCUT2D eigenvalue weighted by atomic mass is 16.5. The molecule has 0 aliphatic carbocycles. The molecule has 1 fully saturated rings. The first kappa shape index (κ1) is 14.0. The van der Waals surface area contributed by atoms with Crippen LogP contribution in [0.25, 0.3) is 0 Å². The van der Waals surface area contributed by atoms with Crippen molar-refractivity contribution in [1.82, 2.24) is 5.06 Å². The standard InChI is InChI=1S/C14H29NO/c1-7-9-11(8-2)12-10-13(3,4)15(16)14(12,5)6/h11-12,16H,7-10H2,1-6H3. The quantitative estimate of drug-likeness (QED) is 0.782. The first-order chi connectivity index (χ1) is 7.27. The summed E-state index contributed by atoms with van der Waals surface area (Å²) in [5.74, 6) is 1.36. The molecular formula is C14H29NO. The van der Waals surface area contributed by atoms with Crippen molar-refractivity contribution in [3.63, 3.8) is 0 Å². The average molecular weight is 227 g/mol. The number of hydrogen-bond donors (Lipinski definition) is 1. The third-order valence-electron chi connectivity index (χ3n) is 4.50. The van der Waals surface area contributed by atoms with Crippen LogP contribution in [0.5, 0.6) is 0 Å². The smallest absolute Gasteiger partial charge is 0.0441 e. The summed E-state index contributed by atoms with van der Waals surface area (Å²) in [6, 6.07) is 0. The Labute approximate surface area is 101 Å². The maximum atomic E-state index is 10.3. The van der Waals surface area contributed by atoms with Crippen LogP contribution in [-0.4, -0.2) is 21.3 Å². The summed E-state index contributed by atoms with van der Waals surface area (Å²) in [6.45, 7) is 13.2. The third kappa shape index (κ3) is 2.28. The predicted octanol–water partition coefficient (Wildman–Crippen LogP) is 4.08. The van der Waals surface area contributed by atoms with Crippen LogP contribution in [0.2, 0.25) is 0 Å². The minimum atomic E-state index is -0.0840. The molecule has 2 atom stereocenters. The van der Waals surface area contributed by atoms with Crippen molar-refractivity contribution < 1.29 is 5.21 Å². The van der Waals surface area contributed by atoms with Crippen molar-refractivity contribution in [2.75, 3.05) is 0 Å². The third-order valence-corrected chi connectivity index (χ3v) is 4.50. The fourth-order valence-corrected chi connectivity index (χ4v) is 3.62. The Morgan fingerprint density at radius 1 is 1.25 bits per heavy atom. The van der Waals surface area contributed by atoms with Gasteiger partial charge in [-0.05, 0) is 46.0 Å². The highest BCUT2D eigenvalue weighted by Gasteiger charge is 2.52. The highest BCUT2D eigenvalue weighted by molar-refractivity contribution is 5.03. The molecule has 0 aromatic rings. The van der Waals surface area contributed by atoms with E-state index in [1.807, 2.05) is 0 Å². The molecule has 1 N–H and O–H groups in total. The van der Waals surface area contributed by atoms with Gasteiger partial charge in [0.15, 0.2) is 0 Å². The van der Waals surface area contributed by atoms with Gasteiger partial charge in [-0.25, -0.2) is 0 Å². The van der Waals surface area contributed by atoms with Gasteiger partial charge in [0.05, 0.1) is 0 Å². The van der Waals surface area contributed by atoms with Crippen molar-refractivity contribution in [3.05, 3.63) is 0 Å². The minimum Gasteiger partial charge on any atom is -0.313 e. The van der Waals surface area contributed by atoms with Crippen LogP contribution in [0.15, 0.2) is 0 Å². The first-order valence-electron chi connectivity index (χ1n) is 6.76. The Kier molecular flexibility index (Phi) is 4.07. The summed E-state index contributed by atoms with van der Waals surface area (Å²) in [6.07, 6.45) is 4.87. The molecule has 0 radical (unpaired) electrons. The van der Waals surface area contributed by atoms with Gasteiger partial charge in [-0.15, -0.1) is 0 Å². The van der Waals surface area contributed by atoms with E-state index in [0.29, 0.717) is 5.92 Å². The lowest BCUT2D eigenvalue weighted by Gasteiger charge is -2.38. The monoisotopic (exact) mass is 227 g/mol. The fourth-order valence-electron chi connectivity index (χ4n) is 3.62. The van der Waals surface area contributed by atoms with Crippen molar-refractivity contribution in [1.29, 1.82) is 0 Å². The maximum absolute atomic E-state index is 10.3. The second-order valence-corrected chi connectivity index (χ2v) is 6.55. The lowest BCUT2D eigenvalue weighted by atomic mass is 9.74. The van der Waals surface area contributed by atoms with E-state index >= 15 is 0 Å². The number of hydroxylamine groups is 2. The van der Waals surface area contributed by atoms with Gasteiger partial charge in [0.1, 0.15) is 0 Å². The molecule has 1 saturated heterocycles. The van der Waals surface area contributed by atoms with Crippen LogP contribution in [0.4, 0.5) is 0 Å². The van der Waals surface area contributed by atoms with Gasteiger partial charge in [0, 0.05) is 11.1 Å². The Bertz CT molecular complexity index is 235. The molecule has 1 heterocycles. The SMILES string of the molecule is CCCC(CC)C1CC(C)(C)N(O)C1(C)C. The van der Waals surface area contributed by atoms with Crippen LogP contribution < -0.4 is 0 Å². The predicted molar refractivity (Wildman–Crippen MR) is 68.6 cm³/mol. The molecule has 0 aromatic heterocycles. The Morgan fingerprint density at radius 2 is 1.81 bits per heavy atom. The largest absolute Gasteiger partial charge is 0.313 e. The zero-order valence-electron chi connectivity index (χ0n) is 11.9. The van der Waals surface area contributed by atoms with E-state index in [-0.39, 0.29) is 11.1 Å². The summed E-state index contributed by atoms with van der Waals surface area (Å²) >= 11 is 0. The summed E-state index contributed by atoms with van der Waals surface area (Å²) < 4.78 is 0. The van der Waals surface area contributed by atoms with E-state index in [9.17, 15) is 5.21 Å². The van der Waals surface area contributed by atoms with Gasteiger partial charge >= 0.3 is 0 Å². The molecule has 1 aliphatic heterocycles. The van der Waals surface area contributed by atoms with E-state index in [1.54, 1.807) is 5.06 Å². The number of hydrogen-bond acceptors (Lipinski definition) is 2. The maximum Gasteiger partial charge on any atom is 0.0441 e. The molecule has 96 valence electrons. The van der Waals surface area contributed by atoms with Crippen molar-refractivity contribution >= 4 is 0 Å². The van der Waals surface area contributed by atoms with E-state index in [4.69, 9.17) is 0 Å². The molecule has 0 aromatic carbocycles. The van der Waals surface area contributed by atoms with Gasteiger partial charge in [-0.1, -0.05) is 33.1 Å². The van der Waals surface area contributed by atoms with Crippen LogP contribution in [0, 0.1) is 11.8 Å². The molecule has 16 heavy (non-hydrogen) atoms. The van der Waals surface area contributed by atoms with Gasteiger partial charge in [-0.2, -0.15) is 5.06 Å². The number of nitrogens with zero attached hydrogens (tertiary/aromatic N) is 1. The molecule has 0 saturated carbocycles. The first-order valence-corrected chi connectivity index (χ1v) is 6.76. The summed E-state index contributed by atoms with van der Waals surface area (Å²) in [4.78, 5) is 0. The number of rotatable bonds is 4. The lowest BCUT2D eigenvalue weighted by Crippen LogP contribution is -2.48. The minimum absolute atomic E-state index is 0.0741. The zero-order chi connectivity index (χ0) is 12.6. The van der Waals surface area contributed by atoms with Crippen LogP contribution in [-0.2, 0) is 0 Å². The topological polar surface area (TPSA) is 23.5 Å². The molecule has 0 spiro atoms. The van der Waals surface area contributed by atoms with Crippen molar-refractivity contribution in [3.8, 4) is 0 Å². The van der Waals surface area contributed by atoms with Crippen LogP contribution in [0.3, 0.4) is 0 Å². The Balaban J connectivity index is 2.89. The van der Waals surface area contributed by atoms with Gasteiger partial charge in [0.25, 0.3) is 0 Å².